The summed E-state index contributed by atoms with van der Waals surface area (Å²) in [6.45, 7) is 24.2. The van der Waals surface area contributed by atoms with Crippen molar-refractivity contribution in [2.45, 2.75) is 126 Å². The second-order valence-electron chi connectivity index (χ2n) is 18.8. The lowest BCUT2D eigenvalue weighted by atomic mass is 9.34. The maximum atomic E-state index is 13.4. The van der Waals surface area contributed by atoms with Crippen molar-refractivity contribution in [3.63, 3.8) is 0 Å². The minimum atomic E-state index is -0.633. The fraction of sp³-hybridized carbons (Fsp3) is 0.892. The topological polar surface area (TPSA) is 151 Å². The number of ether oxygens (including phenoxy) is 2. The summed E-state index contributed by atoms with van der Waals surface area (Å²) in [5, 5.41) is 24.1. The zero-order valence-corrected chi connectivity index (χ0v) is 30.7. The summed E-state index contributed by atoms with van der Waals surface area (Å²) in [7, 11) is 0. The molecule has 5 aliphatic rings. The normalized spacial score (nSPS) is 44.5. The second-order valence-corrected chi connectivity index (χ2v) is 18.8. The van der Waals surface area contributed by atoms with Crippen LogP contribution in [0.25, 0.3) is 0 Å². The molecule has 0 radical (unpaired) electrons. The minimum Gasteiger partial charge on any atom is -0.481 e. The molecule has 0 spiro atoms. The number of hydrogen-bond acceptors (Lipinski definition) is 8. The van der Waals surface area contributed by atoms with Crippen molar-refractivity contribution in [3.05, 3.63) is 11.6 Å². The quantitative estimate of drug-likeness (QED) is 0.294. The van der Waals surface area contributed by atoms with Gasteiger partial charge in [0, 0.05) is 16.9 Å². The third-order valence-corrected chi connectivity index (χ3v) is 15.4. The zero-order valence-electron chi connectivity index (χ0n) is 30.7. The molecular formula is C37H62N6O4. The van der Waals surface area contributed by atoms with E-state index in [1.54, 1.807) is 4.80 Å². The number of anilines is 1. The van der Waals surface area contributed by atoms with E-state index >= 15 is 0 Å². The fourth-order valence-corrected chi connectivity index (χ4v) is 11.9. The molecule has 10 nitrogen and oxygen atoms in total. The van der Waals surface area contributed by atoms with E-state index in [2.05, 4.69) is 90.7 Å². The average molecular weight is 655 g/mol. The van der Waals surface area contributed by atoms with Gasteiger partial charge in [-0.2, -0.15) is 4.80 Å². The number of nitrogen functional groups attached to an aromatic ring is 1. The lowest BCUT2D eigenvalue weighted by Crippen LogP contribution is -2.69. The van der Waals surface area contributed by atoms with Gasteiger partial charge in [0.1, 0.15) is 6.04 Å². The van der Waals surface area contributed by atoms with Gasteiger partial charge >= 0.3 is 5.97 Å². The van der Waals surface area contributed by atoms with E-state index in [1.807, 2.05) is 0 Å². The van der Waals surface area contributed by atoms with Gasteiger partial charge in [-0.1, -0.05) is 86.0 Å². The van der Waals surface area contributed by atoms with Gasteiger partial charge in [0.05, 0.1) is 31.8 Å². The number of nitrogens with two attached hydrogens (primary N) is 2. The van der Waals surface area contributed by atoms with Crippen LogP contribution in [-0.4, -0.2) is 63.2 Å². The number of allylic oxidation sites excluding steroid dienone is 1. The predicted octanol–water partition coefficient (Wildman–Crippen LogP) is 6.14. The van der Waals surface area contributed by atoms with Crippen LogP contribution >= 0.6 is 0 Å². The van der Waals surface area contributed by atoms with Crippen LogP contribution in [0.3, 0.4) is 0 Å². The SMILES string of the molecule is CC(C)[C@@H](C)[C@@]1(C)CC[C@]2(C)[C@H]3CC[C@@H]4[C@@]5(COC[C@@]4(C)[C@@H](OC[C@H](N)C(C)(C)C)[C@H](n4nnc(N)n4)C5)C3=CC[C@@]2(C)[C@@H]1C(=O)O. The van der Waals surface area contributed by atoms with E-state index in [0.717, 1.165) is 38.5 Å². The van der Waals surface area contributed by atoms with Gasteiger partial charge in [-0.25, -0.2) is 0 Å². The van der Waals surface area contributed by atoms with Crippen molar-refractivity contribution in [1.29, 1.82) is 0 Å². The highest BCUT2D eigenvalue weighted by Crippen LogP contribution is 2.75. The molecule has 1 saturated heterocycles. The molecule has 1 aromatic rings. The van der Waals surface area contributed by atoms with Crippen LogP contribution in [0.1, 0.15) is 114 Å². The Morgan fingerprint density at radius 3 is 2.43 bits per heavy atom. The zero-order chi connectivity index (χ0) is 34.5. The Hall–Kier alpha value is -2.04. The molecule has 1 aliphatic heterocycles. The number of nitrogens with zero attached hydrogens (tertiary/aromatic N) is 4. The third kappa shape index (κ3) is 4.88. The van der Waals surface area contributed by atoms with E-state index in [-0.39, 0.29) is 62.5 Å². The third-order valence-electron chi connectivity index (χ3n) is 15.4. The molecule has 4 aliphatic carbocycles. The summed E-state index contributed by atoms with van der Waals surface area (Å²) in [5.41, 5.74) is 12.7. The highest BCUT2D eigenvalue weighted by molar-refractivity contribution is 5.73. The monoisotopic (exact) mass is 654 g/mol. The largest absolute Gasteiger partial charge is 0.481 e. The summed E-state index contributed by atoms with van der Waals surface area (Å²) >= 11 is 0. The summed E-state index contributed by atoms with van der Waals surface area (Å²) in [6.07, 6.45) is 7.84. The number of aromatic nitrogens is 4. The van der Waals surface area contributed by atoms with E-state index in [0.29, 0.717) is 37.6 Å². The molecule has 47 heavy (non-hydrogen) atoms. The summed E-state index contributed by atoms with van der Waals surface area (Å²) in [5.74, 6) is 0.459. The molecule has 10 heteroatoms. The number of hydrogen-bond donors (Lipinski definition) is 3. The molecule has 3 saturated carbocycles. The van der Waals surface area contributed by atoms with E-state index in [1.165, 1.54) is 5.57 Å². The lowest BCUT2D eigenvalue weighted by Gasteiger charge is -2.71. The van der Waals surface area contributed by atoms with Gasteiger partial charge in [-0.15, -0.1) is 5.10 Å². The fourth-order valence-electron chi connectivity index (χ4n) is 11.9. The Morgan fingerprint density at radius 2 is 1.83 bits per heavy atom. The van der Waals surface area contributed by atoms with Crippen molar-refractivity contribution >= 4 is 11.9 Å². The first-order valence-corrected chi connectivity index (χ1v) is 18.2. The first kappa shape index (κ1) is 34.8. The Bertz CT molecular complexity index is 1410. The highest BCUT2D eigenvalue weighted by Gasteiger charge is 2.72. The number of fused-ring (bicyclic) bond motifs is 3. The van der Waals surface area contributed by atoms with Gasteiger partial charge in [-0.3, -0.25) is 4.79 Å². The predicted molar refractivity (Wildman–Crippen MR) is 182 cm³/mol. The number of carbonyl (C=O) groups is 1. The van der Waals surface area contributed by atoms with Crippen LogP contribution in [0.5, 0.6) is 0 Å². The molecule has 4 fully saturated rings. The van der Waals surface area contributed by atoms with Crippen LogP contribution in [0.2, 0.25) is 0 Å². The molecule has 12 atom stereocenters. The Balaban J connectivity index is 1.44. The molecule has 0 aromatic carbocycles. The molecule has 1 aromatic heterocycles. The van der Waals surface area contributed by atoms with E-state index < -0.39 is 11.9 Å². The second kappa shape index (κ2) is 11.2. The first-order chi connectivity index (χ1) is 21.8. The molecule has 0 unspecified atom stereocenters. The molecule has 2 bridgehead atoms. The number of aliphatic carboxylic acids is 1. The van der Waals surface area contributed by atoms with Gasteiger partial charge in [0.2, 0.25) is 0 Å². The molecule has 0 amide bonds. The Kier molecular flexibility index (Phi) is 8.32. The number of tetrazole rings is 1. The number of rotatable bonds is 7. The van der Waals surface area contributed by atoms with E-state index in [9.17, 15) is 9.90 Å². The number of carboxylic acids is 1. The van der Waals surface area contributed by atoms with Gasteiger partial charge in [0.15, 0.2) is 0 Å². The highest BCUT2D eigenvalue weighted by atomic mass is 16.5. The Morgan fingerprint density at radius 1 is 1.13 bits per heavy atom. The molecule has 2 heterocycles. The van der Waals surface area contributed by atoms with Crippen LogP contribution in [0, 0.1) is 62.1 Å². The van der Waals surface area contributed by atoms with Gasteiger partial charge in [-0.05, 0) is 89.1 Å². The van der Waals surface area contributed by atoms with Crippen molar-refractivity contribution in [2.75, 3.05) is 25.6 Å². The summed E-state index contributed by atoms with van der Waals surface area (Å²) in [6, 6.07) is -0.324. The molecule has 5 N–H and O–H groups in total. The van der Waals surface area contributed by atoms with E-state index in [4.69, 9.17) is 20.9 Å². The van der Waals surface area contributed by atoms with Crippen molar-refractivity contribution in [1.82, 2.24) is 20.2 Å². The standard InChI is InChI=1S/C37H62N6O4/c1-21(2)22(3)33(7)15-16-35(9)23-11-12-26-34(8)19-46-20-37(26,24(23)13-14-36(35,10)28(33)30(44)45)17-25(43-41-31(39)40-42-43)29(34)47-18-27(38)32(4,5)6/h13,21-23,25-29H,11-12,14-20,38H2,1-10H3,(H2,39,41)(H,44,45)/t22-,23+,25-,26+,27+,28-,29+,33-,34-,35-,36+,37+/m1/s1. The number of carboxylic acid groups (broad SMARTS) is 1. The Labute approximate surface area is 282 Å². The summed E-state index contributed by atoms with van der Waals surface area (Å²) < 4.78 is 13.5. The summed E-state index contributed by atoms with van der Waals surface area (Å²) in [4.78, 5) is 15.1. The van der Waals surface area contributed by atoms with Crippen LogP contribution < -0.4 is 11.5 Å². The maximum absolute atomic E-state index is 13.4. The van der Waals surface area contributed by atoms with Crippen molar-refractivity contribution < 1.29 is 19.4 Å². The maximum Gasteiger partial charge on any atom is 0.307 e. The van der Waals surface area contributed by atoms with Crippen molar-refractivity contribution in [3.8, 4) is 0 Å². The molecule has 6 rings (SSSR count). The van der Waals surface area contributed by atoms with Crippen LogP contribution in [-0.2, 0) is 14.3 Å². The van der Waals surface area contributed by atoms with Crippen LogP contribution in [0.15, 0.2) is 11.6 Å². The molecule has 264 valence electrons. The van der Waals surface area contributed by atoms with Gasteiger partial charge in [0.25, 0.3) is 5.95 Å². The minimum absolute atomic E-state index is 0.0995. The van der Waals surface area contributed by atoms with Crippen LogP contribution in [0.4, 0.5) is 5.95 Å². The lowest BCUT2D eigenvalue weighted by molar-refractivity contribution is -0.252. The van der Waals surface area contributed by atoms with Gasteiger partial charge < -0.3 is 26.0 Å². The molecular weight excluding hydrogens is 592 g/mol. The smallest absolute Gasteiger partial charge is 0.307 e. The average Bonchev–Trinajstić information content (AvgIpc) is 3.41. The first-order valence-electron chi connectivity index (χ1n) is 18.2. The van der Waals surface area contributed by atoms with Crippen molar-refractivity contribution in [2.24, 2.45) is 67.8 Å².